The predicted molar refractivity (Wildman–Crippen MR) is 63.4 cm³/mol. The van der Waals surface area contributed by atoms with Crippen molar-refractivity contribution in [1.82, 2.24) is 0 Å². The molecule has 0 radical (unpaired) electrons. The minimum absolute atomic E-state index is 0.217. The smallest absolute Gasteiger partial charge is 0.137 e. The number of hydrogen-bond donors (Lipinski definition) is 0. The van der Waals surface area contributed by atoms with Crippen molar-refractivity contribution in [2.24, 2.45) is 11.3 Å². The summed E-state index contributed by atoms with van der Waals surface area (Å²) >= 11 is 0. The van der Waals surface area contributed by atoms with Crippen molar-refractivity contribution in [3.8, 4) is 11.8 Å². The quantitative estimate of drug-likeness (QED) is 0.645. The van der Waals surface area contributed by atoms with Crippen LogP contribution in [0.1, 0.15) is 59.3 Å². The minimum Gasteiger partial charge on any atom is -0.299 e. The van der Waals surface area contributed by atoms with Gasteiger partial charge in [-0.15, -0.1) is 11.8 Å². The molecule has 0 aromatic heterocycles. The van der Waals surface area contributed by atoms with E-state index in [4.69, 9.17) is 0 Å². The fourth-order valence-corrected chi connectivity index (χ4v) is 2.58. The Balaban J connectivity index is 2.52. The Bertz CT molecular complexity index is 277. The van der Waals surface area contributed by atoms with Gasteiger partial charge in [0.1, 0.15) is 5.78 Å². The maximum Gasteiger partial charge on any atom is 0.137 e. The van der Waals surface area contributed by atoms with Crippen LogP contribution in [0.25, 0.3) is 0 Å². The van der Waals surface area contributed by atoms with E-state index >= 15 is 0 Å². The Hall–Kier alpha value is -0.770. The molecule has 0 saturated heterocycles. The third kappa shape index (κ3) is 3.38. The molecular formula is C14H22O. The lowest BCUT2D eigenvalue weighted by atomic mass is 9.66. The van der Waals surface area contributed by atoms with Gasteiger partial charge in [-0.3, -0.25) is 4.79 Å². The Kier molecular flexibility index (Phi) is 4.39. The van der Waals surface area contributed by atoms with Gasteiger partial charge in [0, 0.05) is 18.8 Å². The lowest BCUT2D eigenvalue weighted by molar-refractivity contribution is -0.127. The topological polar surface area (TPSA) is 17.1 Å². The van der Waals surface area contributed by atoms with Gasteiger partial charge in [-0.05, 0) is 25.2 Å². The maximum atomic E-state index is 12.0. The van der Waals surface area contributed by atoms with E-state index in [0.29, 0.717) is 12.2 Å². The van der Waals surface area contributed by atoms with Crippen molar-refractivity contribution in [2.75, 3.05) is 0 Å². The molecule has 1 aliphatic carbocycles. The number of hydrogen-bond acceptors (Lipinski definition) is 1. The van der Waals surface area contributed by atoms with Crippen LogP contribution in [0.4, 0.5) is 0 Å². The number of carbonyl (C=O) groups excluding carboxylic acids is 1. The number of ketones is 1. The molecule has 15 heavy (non-hydrogen) atoms. The Labute approximate surface area is 93.6 Å². The molecule has 0 aliphatic heterocycles. The van der Waals surface area contributed by atoms with Crippen molar-refractivity contribution in [3.63, 3.8) is 0 Å². The average Bonchev–Trinajstić information content (AvgIpc) is 2.17. The zero-order valence-electron chi connectivity index (χ0n) is 10.2. The van der Waals surface area contributed by atoms with E-state index in [9.17, 15) is 4.79 Å². The summed E-state index contributed by atoms with van der Waals surface area (Å²) < 4.78 is 0. The van der Waals surface area contributed by atoms with Crippen LogP contribution in [0.5, 0.6) is 0 Å². The van der Waals surface area contributed by atoms with Crippen molar-refractivity contribution in [2.45, 2.75) is 59.3 Å². The first-order valence-electron chi connectivity index (χ1n) is 6.00. The van der Waals surface area contributed by atoms with Gasteiger partial charge in [0.25, 0.3) is 0 Å². The van der Waals surface area contributed by atoms with E-state index in [0.717, 1.165) is 12.8 Å². The van der Waals surface area contributed by atoms with Crippen LogP contribution in [-0.4, -0.2) is 5.78 Å². The first-order chi connectivity index (χ1) is 7.08. The molecule has 0 N–H and O–H groups in total. The normalized spacial score (nSPS) is 24.1. The Morgan fingerprint density at radius 2 is 2.13 bits per heavy atom. The molecule has 0 aromatic carbocycles. The molecule has 1 rings (SSSR count). The highest BCUT2D eigenvalue weighted by atomic mass is 16.1. The largest absolute Gasteiger partial charge is 0.299 e. The van der Waals surface area contributed by atoms with Gasteiger partial charge in [-0.25, -0.2) is 0 Å². The van der Waals surface area contributed by atoms with E-state index in [2.05, 4.69) is 25.7 Å². The summed E-state index contributed by atoms with van der Waals surface area (Å²) in [6.45, 7) is 6.30. The van der Waals surface area contributed by atoms with E-state index in [1.54, 1.807) is 0 Å². The molecule has 1 saturated carbocycles. The standard InChI is InChI=1S/C14H22O/c1-4-5-6-10-13(15)12-9-7-8-11-14(12,2)3/h12H,6-11H2,1-3H3. The minimum atomic E-state index is 0.217. The van der Waals surface area contributed by atoms with Crippen LogP contribution < -0.4 is 0 Å². The molecule has 1 atom stereocenters. The molecule has 0 heterocycles. The number of carbonyl (C=O) groups is 1. The number of Topliss-reactive ketones (excluding diaryl/α,β-unsaturated/α-hetero) is 1. The van der Waals surface area contributed by atoms with Gasteiger partial charge >= 0.3 is 0 Å². The third-order valence-corrected chi connectivity index (χ3v) is 3.57. The lowest BCUT2D eigenvalue weighted by Crippen LogP contribution is -2.33. The molecule has 0 amide bonds. The van der Waals surface area contributed by atoms with E-state index in [1.165, 1.54) is 19.3 Å². The molecule has 0 aromatic rings. The zero-order chi connectivity index (χ0) is 11.3. The second kappa shape index (κ2) is 5.35. The first-order valence-corrected chi connectivity index (χ1v) is 6.00. The van der Waals surface area contributed by atoms with Crippen LogP contribution in [0.15, 0.2) is 0 Å². The molecule has 84 valence electrons. The van der Waals surface area contributed by atoms with Crippen molar-refractivity contribution in [3.05, 3.63) is 0 Å². The van der Waals surface area contributed by atoms with Crippen LogP contribution >= 0.6 is 0 Å². The molecule has 1 aliphatic rings. The molecule has 1 heteroatoms. The molecular weight excluding hydrogens is 184 g/mol. The van der Waals surface area contributed by atoms with Gasteiger partial charge < -0.3 is 0 Å². The second-order valence-corrected chi connectivity index (χ2v) is 5.18. The molecule has 1 unspecified atom stereocenters. The third-order valence-electron chi connectivity index (χ3n) is 3.57. The number of rotatable bonds is 3. The van der Waals surface area contributed by atoms with E-state index in [-0.39, 0.29) is 11.3 Å². The summed E-state index contributed by atoms with van der Waals surface area (Å²) in [7, 11) is 0. The fourth-order valence-electron chi connectivity index (χ4n) is 2.58. The Morgan fingerprint density at radius 3 is 2.73 bits per heavy atom. The SMILES string of the molecule is CC#CCCC(=O)C1CCCCC1(C)C. The van der Waals surface area contributed by atoms with Gasteiger partial charge in [-0.1, -0.05) is 26.7 Å². The summed E-state index contributed by atoms with van der Waals surface area (Å²) in [4.78, 5) is 12.0. The molecule has 1 nitrogen and oxygen atoms in total. The van der Waals surface area contributed by atoms with Gasteiger partial charge in [0.05, 0.1) is 0 Å². The summed E-state index contributed by atoms with van der Waals surface area (Å²) in [6, 6.07) is 0. The predicted octanol–water partition coefficient (Wildman–Crippen LogP) is 3.58. The summed E-state index contributed by atoms with van der Waals surface area (Å²) in [5.41, 5.74) is 0.217. The van der Waals surface area contributed by atoms with Crippen LogP contribution in [0.3, 0.4) is 0 Å². The zero-order valence-corrected chi connectivity index (χ0v) is 10.2. The van der Waals surface area contributed by atoms with Crippen LogP contribution in [0.2, 0.25) is 0 Å². The second-order valence-electron chi connectivity index (χ2n) is 5.18. The van der Waals surface area contributed by atoms with Crippen LogP contribution in [-0.2, 0) is 4.79 Å². The molecule has 0 spiro atoms. The van der Waals surface area contributed by atoms with E-state index in [1.807, 2.05) is 6.92 Å². The lowest BCUT2D eigenvalue weighted by Gasteiger charge is -2.37. The monoisotopic (exact) mass is 206 g/mol. The van der Waals surface area contributed by atoms with Gasteiger partial charge in [0.15, 0.2) is 0 Å². The summed E-state index contributed by atoms with van der Waals surface area (Å²) in [5.74, 6) is 6.53. The van der Waals surface area contributed by atoms with Crippen LogP contribution in [0, 0.1) is 23.2 Å². The summed E-state index contributed by atoms with van der Waals surface area (Å²) in [6.07, 6.45) is 6.18. The Morgan fingerprint density at radius 1 is 1.40 bits per heavy atom. The van der Waals surface area contributed by atoms with E-state index < -0.39 is 0 Å². The highest BCUT2D eigenvalue weighted by Gasteiger charge is 2.36. The molecule has 1 fully saturated rings. The highest BCUT2D eigenvalue weighted by Crippen LogP contribution is 2.41. The average molecular weight is 206 g/mol. The fraction of sp³-hybridized carbons (Fsp3) is 0.786. The van der Waals surface area contributed by atoms with Crippen molar-refractivity contribution in [1.29, 1.82) is 0 Å². The summed E-state index contributed by atoms with van der Waals surface area (Å²) in [5, 5.41) is 0. The maximum absolute atomic E-state index is 12.0. The van der Waals surface area contributed by atoms with Crippen molar-refractivity contribution < 1.29 is 4.79 Å². The van der Waals surface area contributed by atoms with Gasteiger partial charge in [-0.2, -0.15) is 0 Å². The van der Waals surface area contributed by atoms with Gasteiger partial charge in [0.2, 0.25) is 0 Å². The molecule has 0 bridgehead atoms. The van der Waals surface area contributed by atoms with Crippen molar-refractivity contribution >= 4 is 5.78 Å². The highest BCUT2D eigenvalue weighted by molar-refractivity contribution is 5.82. The first kappa shape index (κ1) is 12.3.